The first-order valence-electron chi connectivity index (χ1n) is 10.3. The normalized spacial score (nSPS) is 12.2. The van der Waals surface area contributed by atoms with Crippen molar-refractivity contribution < 1.29 is 9.90 Å². The van der Waals surface area contributed by atoms with Crippen LogP contribution in [-0.4, -0.2) is 21.0 Å². The van der Waals surface area contributed by atoms with Gasteiger partial charge in [-0.05, 0) is 53.1 Å². The van der Waals surface area contributed by atoms with Gasteiger partial charge in [0.1, 0.15) is 5.69 Å². The number of amides is 1. The zero-order valence-electron chi connectivity index (χ0n) is 17.1. The van der Waals surface area contributed by atoms with Crippen molar-refractivity contribution in [1.29, 1.82) is 0 Å². The second-order valence-electron chi connectivity index (χ2n) is 7.69. The number of nitrogens with one attached hydrogen (secondary N) is 1. The quantitative estimate of drug-likeness (QED) is 0.423. The number of carbonyl (C=O) groups excluding carboxylic acids is 1. The van der Waals surface area contributed by atoms with Crippen molar-refractivity contribution in [3.05, 3.63) is 87.4 Å². The van der Waals surface area contributed by atoms with Crippen molar-refractivity contribution in [1.82, 2.24) is 9.97 Å². The van der Waals surface area contributed by atoms with Crippen molar-refractivity contribution >= 4 is 34.7 Å². The van der Waals surface area contributed by atoms with E-state index in [1.165, 1.54) is 0 Å². The molecule has 2 aromatic carbocycles. The molecule has 0 unspecified atom stereocenters. The molecule has 1 amide bonds. The summed E-state index contributed by atoms with van der Waals surface area (Å²) in [6.45, 7) is 0.0187. The SMILES string of the molecule is O=C(Cc1ccc(Cl)cc1)Nc1nc2c(nc1-c1cccs1)-c1ccc(CO)cc1CC2. The molecule has 160 valence electrons. The molecular formula is C25H20ClN3O2S. The summed E-state index contributed by atoms with van der Waals surface area (Å²) in [6.07, 6.45) is 1.78. The number of fused-ring (bicyclic) bond motifs is 3. The molecule has 2 aromatic heterocycles. The molecule has 2 heterocycles. The fourth-order valence-corrected chi connectivity index (χ4v) is 4.77. The topological polar surface area (TPSA) is 75.1 Å². The summed E-state index contributed by atoms with van der Waals surface area (Å²) in [5.74, 6) is 0.337. The molecule has 0 fully saturated rings. The van der Waals surface area contributed by atoms with Crippen molar-refractivity contribution in [2.45, 2.75) is 25.9 Å². The third-order valence-electron chi connectivity index (χ3n) is 5.50. The average molecular weight is 462 g/mol. The Morgan fingerprint density at radius 3 is 2.59 bits per heavy atom. The Labute approximate surface area is 194 Å². The van der Waals surface area contributed by atoms with Gasteiger partial charge in [0, 0.05) is 10.6 Å². The number of halogens is 1. The molecule has 1 aliphatic rings. The first kappa shape index (κ1) is 20.8. The largest absolute Gasteiger partial charge is 0.392 e. The van der Waals surface area contributed by atoms with Crippen LogP contribution in [0, 0.1) is 0 Å². The Morgan fingerprint density at radius 1 is 1.03 bits per heavy atom. The van der Waals surface area contributed by atoms with E-state index in [1.807, 2.05) is 47.8 Å². The summed E-state index contributed by atoms with van der Waals surface area (Å²) in [6, 6.07) is 17.1. The minimum absolute atomic E-state index is 0.0187. The van der Waals surface area contributed by atoms with Gasteiger partial charge in [-0.2, -0.15) is 0 Å². The molecule has 0 saturated heterocycles. The zero-order valence-corrected chi connectivity index (χ0v) is 18.7. The Morgan fingerprint density at radius 2 is 1.84 bits per heavy atom. The third kappa shape index (κ3) is 4.17. The lowest BCUT2D eigenvalue weighted by Gasteiger charge is -2.21. The van der Waals surface area contributed by atoms with Gasteiger partial charge in [0.2, 0.25) is 5.91 Å². The molecule has 0 bridgehead atoms. The van der Waals surface area contributed by atoms with Crippen LogP contribution in [-0.2, 0) is 30.7 Å². The number of thiophene rings is 1. The highest BCUT2D eigenvalue weighted by Gasteiger charge is 2.23. The van der Waals surface area contributed by atoms with Gasteiger partial charge in [-0.3, -0.25) is 4.79 Å². The van der Waals surface area contributed by atoms with Gasteiger partial charge >= 0.3 is 0 Å². The molecule has 5 rings (SSSR count). The molecule has 1 aliphatic carbocycles. The third-order valence-corrected chi connectivity index (χ3v) is 6.63. The highest BCUT2D eigenvalue weighted by atomic mass is 35.5. The maximum Gasteiger partial charge on any atom is 0.230 e. The van der Waals surface area contributed by atoms with Crippen molar-refractivity contribution in [3.8, 4) is 21.8 Å². The van der Waals surface area contributed by atoms with Gasteiger partial charge in [-0.25, -0.2) is 9.97 Å². The second kappa shape index (κ2) is 8.82. The zero-order chi connectivity index (χ0) is 22.1. The number of hydrogen-bond donors (Lipinski definition) is 2. The molecule has 0 saturated carbocycles. The Kier molecular flexibility index (Phi) is 5.74. The average Bonchev–Trinajstić information content (AvgIpc) is 3.34. The predicted molar refractivity (Wildman–Crippen MR) is 128 cm³/mol. The van der Waals surface area contributed by atoms with E-state index in [-0.39, 0.29) is 18.9 Å². The number of nitrogens with zero attached hydrogens (tertiary/aromatic N) is 2. The van der Waals surface area contributed by atoms with E-state index in [9.17, 15) is 9.90 Å². The molecule has 2 N–H and O–H groups in total. The Bertz CT molecular complexity index is 1290. The van der Waals surface area contributed by atoms with E-state index in [2.05, 4.69) is 5.32 Å². The number of anilines is 1. The van der Waals surface area contributed by atoms with Crippen molar-refractivity contribution in [2.24, 2.45) is 0 Å². The number of aliphatic hydroxyl groups is 1. The molecule has 5 nitrogen and oxygen atoms in total. The number of hydrogen-bond acceptors (Lipinski definition) is 5. The molecule has 7 heteroatoms. The van der Waals surface area contributed by atoms with Gasteiger partial charge < -0.3 is 10.4 Å². The lowest BCUT2D eigenvalue weighted by molar-refractivity contribution is -0.115. The highest BCUT2D eigenvalue weighted by Crippen LogP contribution is 2.37. The lowest BCUT2D eigenvalue weighted by atomic mass is 9.90. The first-order valence-corrected chi connectivity index (χ1v) is 11.6. The number of aliphatic hydroxyl groups excluding tert-OH is 1. The van der Waals surface area contributed by atoms with Gasteiger partial charge in [0.15, 0.2) is 5.82 Å². The fraction of sp³-hybridized carbons (Fsp3) is 0.160. The maximum atomic E-state index is 12.8. The van der Waals surface area contributed by atoms with Gasteiger partial charge in [-0.15, -0.1) is 11.3 Å². The highest BCUT2D eigenvalue weighted by molar-refractivity contribution is 7.13. The van der Waals surface area contributed by atoms with E-state index < -0.39 is 0 Å². The number of benzene rings is 2. The van der Waals surface area contributed by atoms with Crippen LogP contribution in [0.25, 0.3) is 21.8 Å². The summed E-state index contributed by atoms with van der Waals surface area (Å²) in [5, 5.41) is 15.1. The maximum absolute atomic E-state index is 12.8. The van der Waals surface area contributed by atoms with Crippen LogP contribution < -0.4 is 5.32 Å². The van der Waals surface area contributed by atoms with E-state index in [0.717, 1.165) is 51.4 Å². The minimum atomic E-state index is -0.150. The molecular weight excluding hydrogens is 442 g/mol. The smallest absolute Gasteiger partial charge is 0.230 e. The summed E-state index contributed by atoms with van der Waals surface area (Å²) >= 11 is 7.51. The van der Waals surface area contributed by atoms with Crippen LogP contribution in [0.4, 0.5) is 5.82 Å². The van der Waals surface area contributed by atoms with Crippen LogP contribution >= 0.6 is 22.9 Å². The van der Waals surface area contributed by atoms with Crippen molar-refractivity contribution in [2.75, 3.05) is 5.32 Å². The summed E-state index contributed by atoms with van der Waals surface area (Å²) < 4.78 is 0. The van der Waals surface area contributed by atoms with Gasteiger partial charge in [0.05, 0.1) is 29.3 Å². The molecule has 0 aliphatic heterocycles. The van der Waals surface area contributed by atoms with Gasteiger partial charge in [0.25, 0.3) is 0 Å². The predicted octanol–water partition coefficient (Wildman–Crippen LogP) is 5.30. The molecule has 0 atom stereocenters. The molecule has 32 heavy (non-hydrogen) atoms. The van der Waals surface area contributed by atoms with Crippen LogP contribution in [0.2, 0.25) is 5.02 Å². The van der Waals surface area contributed by atoms with Crippen LogP contribution in [0.15, 0.2) is 60.0 Å². The number of aryl methyl sites for hydroxylation is 2. The summed E-state index contributed by atoms with van der Waals surface area (Å²) in [5.41, 5.74) is 6.35. The molecule has 4 aromatic rings. The number of aromatic nitrogens is 2. The van der Waals surface area contributed by atoms with Gasteiger partial charge in [-0.1, -0.05) is 48.0 Å². The molecule has 0 spiro atoms. The van der Waals surface area contributed by atoms with Crippen LogP contribution in [0.1, 0.15) is 22.4 Å². The molecule has 0 radical (unpaired) electrons. The van der Waals surface area contributed by atoms with E-state index in [4.69, 9.17) is 21.6 Å². The summed E-state index contributed by atoms with van der Waals surface area (Å²) in [4.78, 5) is 23.6. The number of carbonyl (C=O) groups is 1. The first-order chi connectivity index (χ1) is 15.6. The fourth-order valence-electron chi connectivity index (χ4n) is 3.93. The Balaban J connectivity index is 1.51. The number of rotatable bonds is 5. The Hall–Kier alpha value is -3.06. The van der Waals surface area contributed by atoms with E-state index >= 15 is 0 Å². The van der Waals surface area contributed by atoms with E-state index in [1.54, 1.807) is 23.5 Å². The minimum Gasteiger partial charge on any atom is -0.392 e. The second-order valence-corrected chi connectivity index (χ2v) is 9.08. The lowest BCUT2D eigenvalue weighted by Crippen LogP contribution is -2.18. The van der Waals surface area contributed by atoms with Crippen LogP contribution in [0.3, 0.4) is 0 Å². The standard InChI is InChI=1S/C25H20ClN3O2S/c26-18-7-3-15(4-8-18)13-22(31)28-25-24(21-2-1-11-32-21)29-23-19-9-5-16(14-30)12-17(19)6-10-20(23)27-25/h1-5,7-9,11-12,30H,6,10,13-14H2,(H,27,28,31). The monoisotopic (exact) mass is 461 g/mol. The van der Waals surface area contributed by atoms with Crippen molar-refractivity contribution in [3.63, 3.8) is 0 Å². The van der Waals surface area contributed by atoms with Crippen LogP contribution in [0.5, 0.6) is 0 Å². The summed E-state index contributed by atoms with van der Waals surface area (Å²) in [7, 11) is 0. The van der Waals surface area contributed by atoms with E-state index in [0.29, 0.717) is 16.5 Å².